The Morgan fingerprint density at radius 2 is 1.39 bits per heavy atom. The van der Waals surface area contributed by atoms with Crippen molar-refractivity contribution in [3.63, 3.8) is 0 Å². The number of esters is 2. The average Bonchev–Trinajstić information content (AvgIpc) is 2.82. The second-order valence-corrected chi connectivity index (χ2v) is 8.65. The Hall–Kier alpha value is -3.24. The summed E-state index contributed by atoms with van der Waals surface area (Å²) < 4.78 is 36.4. The van der Waals surface area contributed by atoms with Gasteiger partial charge in [0, 0.05) is 26.2 Å². The van der Waals surface area contributed by atoms with E-state index in [0.29, 0.717) is 0 Å². The fraction of sp³-hybridized carbons (Fsp3) is 0.286. The van der Waals surface area contributed by atoms with Gasteiger partial charge in [-0.25, -0.2) is 18.0 Å². The lowest BCUT2D eigenvalue weighted by atomic mass is 10.1. The molecule has 0 spiro atoms. The molecule has 1 aliphatic heterocycles. The van der Waals surface area contributed by atoms with Crippen molar-refractivity contribution in [3.8, 4) is 0 Å². The summed E-state index contributed by atoms with van der Waals surface area (Å²) in [5.41, 5.74) is 0.0445. The number of rotatable bonds is 6. The molecule has 0 aliphatic carbocycles. The number of hydrogen-bond donors (Lipinski definition) is 0. The number of sulfonamides is 1. The first-order chi connectivity index (χ1) is 14.8. The van der Waals surface area contributed by atoms with Crippen molar-refractivity contribution >= 4 is 27.9 Å². The van der Waals surface area contributed by atoms with Crippen molar-refractivity contribution in [2.75, 3.05) is 39.9 Å². The van der Waals surface area contributed by atoms with Gasteiger partial charge in [-0.2, -0.15) is 4.31 Å². The standard InChI is InChI=1S/C21H22N2O7S/c1-29-20(25)17-9-5-6-10-18(17)21(26)30-15-19(24)22-11-13-23(14-12-22)31(27,28)16-7-3-2-4-8-16/h2-10H,11-15H2,1H3. The Kier molecular flexibility index (Phi) is 7.03. The molecule has 2 aromatic carbocycles. The molecule has 0 saturated carbocycles. The molecule has 10 heteroatoms. The summed E-state index contributed by atoms with van der Waals surface area (Å²) >= 11 is 0. The summed E-state index contributed by atoms with van der Waals surface area (Å²) in [6.45, 7) is 0.131. The molecule has 0 aromatic heterocycles. The molecule has 1 amide bonds. The number of hydrogen-bond acceptors (Lipinski definition) is 7. The zero-order valence-electron chi connectivity index (χ0n) is 16.9. The maximum absolute atomic E-state index is 12.7. The quantitative estimate of drug-likeness (QED) is 0.613. The highest BCUT2D eigenvalue weighted by Gasteiger charge is 2.30. The van der Waals surface area contributed by atoms with Crippen molar-refractivity contribution < 1.29 is 32.3 Å². The number of benzene rings is 2. The fourth-order valence-corrected chi connectivity index (χ4v) is 4.61. The van der Waals surface area contributed by atoms with Crippen LogP contribution in [0.25, 0.3) is 0 Å². The van der Waals surface area contributed by atoms with Crippen molar-refractivity contribution in [3.05, 3.63) is 65.7 Å². The summed E-state index contributed by atoms with van der Waals surface area (Å²) in [6.07, 6.45) is 0. The number of carbonyl (C=O) groups excluding carboxylic acids is 3. The number of methoxy groups -OCH3 is 1. The zero-order valence-corrected chi connectivity index (χ0v) is 17.7. The van der Waals surface area contributed by atoms with Gasteiger partial charge in [0.05, 0.1) is 23.1 Å². The molecular weight excluding hydrogens is 424 g/mol. The lowest BCUT2D eigenvalue weighted by Gasteiger charge is -2.33. The number of carbonyl (C=O) groups is 3. The van der Waals surface area contributed by atoms with Gasteiger partial charge in [-0.05, 0) is 24.3 Å². The fourth-order valence-electron chi connectivity index (χ4n) is 3.16. The van der Waals surface area contributed by atoms with Crippen LogP contribution >= 0.6 is 0 Å². The van der Waals surface area contributed by atoms with E-state index in [2.05, 4.69) is 4.74 Å². The predicted octanol–water partition coefficient (Wildman–Crippen LogP) is 1.16. The second kappa shape index (κ2) is 9.71. The van der Waals surface area contributed by atoms with E-state index in [4.69, 9.17) is 4.74 Å². The first-order valence-corrected chi connectivity index (χ1v) is 11.0. The molecule has 0 radical (unpaired) electrons. The van der Waals surface area contributed by atoms with Crippen LogP contribution in [-0.4, -0.2) is 75.4 Å². The third-order valence-corrected chi connectivity index (χ3v) is 6.76. The van der Waals surface area contributed by atoms with Crippen molar-refractivity contribution in [2.24, 2.45) is 0 Å². The predicted molar refractivity (Wildman–Crippen MR) is 110 cm³/mol. The minimum Gasteiger partial charge on any atom is -0.465 e. The Morgan fingerprint density at radius 1 is 0.839 bits per heavy atom. The van der Waals surface area contributed by atoms with Crippen LogP contribution in [0.2, 0.25) is 0 Å². The smallest absolute Gasteiger partial charge is 0.339 e. The van der Waals surface area contributed by atoms with E-state index in [1.807, 2.05) is 0 Å². The Bertz CT molecular complexity index is 1060. The molecule has 9 nitrogen and oxygen atoms in total. The highest BCUT2D eigenvalue weighted by Crippen LogP contribution is 2.17. The van der Waals surface area contributed by atoms with Crippen LogP contribution in [0.4, 0.5) is 0 Å². The van der Waals surface area contributed by atoms with Gasteiger partial charge >= 0.3 is 11.9 Å². The molecule has 0 N–H and O–H groups in total. The maximum atomic E-state index is 12.7. The summed E-state index contributed by atoms with van der Waals surface area (Å²) in [4.78, 5) is 38.2. The van der Waals surface area contributed by atoms with Gasteiger partial charge in [-0.3, -0.25) is 4.79 Å². The lowest BCUT2D eigenvalue weighted by molar-refractivity contribution is -0.135. The Labute approximate surface area is 180 Å². The van der Waals surface area contributed by atoms with Crippen LogP contribution in [0, 0.1) is 0 Å². The summed E-state index contributed by atoms with van der Waals surface area (Å²) in [5.74, 6) is -1.95. The first kappa shape index (κ1) is 22.4. The largest absolute Gasteiger partial charge is 0.465 e. The number of amides is 1. The molecule has 1 fully saturated rings. The van der Waals surface area contributed by atoms with Crippen LogP contribution in [-0.2, 0) is 24.3 Å². The first-order valence-electron chi connectivity index (χ1n) is 9.52. The van der Waals surface area contributed by atoms with Crippen LogP contribution in [0.5, 0.6) is 0 Å². The molecular formula is C21H22N2O7S. The van der Waals surface area contributed by atoms with Gasteiger partial charge < -0.3 is 14.4 Å². The lowest BCUT2D eigenvalue weighted by Crippen LogP contribution is -2.51. The van der Waals surface area contributed by atoms with E-state index in [9.17, 15) is 22.8 Å². The average molecular weight is 446 g/mol. The topological polar surface area (TPSA) is 110 Å². The van der Waals surface area contributed by atoms with Crippen molar-refractivity contribution in [2.45, 2.75) is 4.90 Å². The normalized spacial score (nSPS) is 14.7. The molecule has 1 saturated heterocycles. The molecule has 31 heavy (non-hydrogen) atoms. The monoisotopic (exact) mass is 446 g/mol. The van der Waals surface area contributed by atoms with Gasteiger partial charge in [-0.1, -0.05) is 30.3 Å². The third-order valence-electron chi connectivity index (χ3n) is 4.85. The van der Waals surface area contributed by atoms with Gasteiger partial charge in [0.25, 0.3) is 5.91 Å². The highest BCUT2D eigenvalue weighted by atomic mass is 32.2. The summed E-state index contributed by atoms with van der Waals surface area (Å²) in [5, 5.41) is 0. The summed E-state index contributed by atoms with van der Waals surface area (Å²) in [6, 6.07) is 14.1. The van der Waals surface area contributed by atoms with Crippen LogP contribution < -0.4 is 0 Å². The van der Waals surface area contributed by atoms with E-state index in [1.165, 1.54) is 40.6 Å². The van der Waals surface area contributed by atoms with Crippen LogP contribution in [0.1, 0.15) is 20.7 Å². The maximum Gasteiger partial charge on any atom is 0.339 e. The van der Waals surface area contributed by atoms with Crippen molar-refractivity contribution in [1.82, 2.24) is 9.21 Å². The van der Waals surface area contributed by atoms with E-state index in [-0.39, 0.29) is 42.2 Å². The number of nitrogens with zero attached hydrogens (tertiary/aromatic N) is 2. The minimum atomic E-state index is -3.62. The van der Waals surface area contributed by atoms with Crippen LogP contribution in [0.3, 0.4) is 0 Å². The third kappa shape index (κ3) is 5.09. The highest BCUT2D eigenvalue weighted by molar-refractivity contribution is 7.89. The van der Waals surface area contributed by atoms with Crippen molar-refractivity contribution in [1.29, 1.82) is 0 Å². The van der Waals surface area contributed by atoms with Gasteiger partial charge in [-0.15, -0.1) is 0 Å². The Balaban J connectivity index is 1.55. The van der Waals surface area contributed by atoms with Gasteiger partial charge in [0.15, 0.2) is 6.61 Å². The molecule has 0 bridgehead atoms. The molecule has 2 aromatic rings. The zero-order chi connectivity index (χ0) is 22.4. The molecule has 0 atom stereocenters. The van der Waals surface area contributed by atoms with E-state index in [0.717, 1.165) is 0 Å². The van der Waals surface area contributed by atoms with Crippen LogP contribution in [0.15, 0.2) is 59.5 Å². The molecule has 0 unspecified atom stereocenters. The summed E-state index contributed by atoms with van der Waals surface area (Å²) in [7, 11) is -2.42. The van der Waals surface area contributed by atoms with E-state index < -0.39 is 34.5 Å². The van der Waals surface area contributed by atoms with Gasteiger partial charge in [0.2, 0.25) is 10.0 Å². The molecule has 1 heterocycles. The molecule has 3 rings (SSSR count). The Morgan fingerprint density at radius 3 is 1.97 bits per heavy atom. The second-order valence-electron chi connectivity index (χ2n) is 6.71. The number of ether oxygens (including phenoxy) is 2. The van der Waals surface area contributed by atoms with Gasteiger partial charge in [0.1, 0.15) is 0 Å². The number of piperazine rings is 1. The van der Waals surface area contributed by atoms with E-state index >= 15 is 0 Å². The van der Waals surface area contributed by atoms with E-state index in [1.54, 1.807) is 30.3 Å². The molecule has 164 valence electrons. The minimum absolute atomic E-state index is 0.000855. The SMILES string of the molecule is COC(=O)c1ccccc1C(=O)OCC(=O)N1CCN(S(=O)(=O)c2ccccc2)CC1. The molecule has 1 aliphatic rings.